The van der Waals surface area contributed by atoms with Crippen LogP contribution in [0, 0.1) is 5.92 Å². The molecule has 0 aromatic carbocycles. The number of oxime groups is 1. The smallest absolute Gasteiger partial charge is 0.114 e. The number of hydrogen-bond donors (Lipinski definition) is 0. The Kier molecular flexibility index (Phi) is 2.54. The van der Waals surface area contributed by atoms with Gasteiger partial charge >= 0.3 is 0 Å². The van der Waals surface area contributed by atoms with E-state index in [1.54, 1.807) is 0 Å². The van der Waals surface area contributed by atoms with Crippen LogP contribution in [-0.4, -0.2) is 36.3 Å². The Morgan fingerprint density at radius 2 is 2.31 bits per heavy atom. The van der Waals surface area contributed by atoms with Crippen LogP contribution in [0.4, 0.5) is 0 Å². The van der Waals surface area contributed by atoms with Crippen molar-refractivity contribution < 1.29 is 4.84 Å². The fourth-order valence-corrected chi connectivity index (χ4v) is 1.87. The highest BCUT2D eigenvalue weighted by molar-refractivity contribution is 5.90. The zero-order chi connectivity index (χ0) is 9.26. The molecule has 2 rings (SSSR count). The molecule has 1 saturated carbocycles. The molecule has 13 heavy (non-hydrogen) atoms. The van der Waals surface area contributed by atoms with Gasteiger partial charge < -0.3 is 4.84 Å². The van der Waals surface area contributed by atoms with Crippen LogP contribution in [-0.2, 0) is 4.84 Å². The van der Waals surface area contributed by atoms with Crippen LogP contribution < -0.4 is 0 Å². The third-order valence-electron chi connectivity index (χ3n) is 2.82. The molecular formula is C10H18N2O. The van der Waals surface area contributed by atoms with Gasteiger partial charge in [0.15, 0.2) is 0 Å². The maximum Gasteiger partial charge on any atom is 0.114 e. The van der Waals surface area contributed by atoms with Crippen LogP contribution in [0.3, 0.4) is 0 Å². The first-order valence-electron chi connectivity index (χ1n) is 5.24. The summed E-state index contributed by atoms with van der Waals surface area (Å²) in [5.41, 5.74) is 1.23. The predicted molar refractivity (Wildman–Crippen MR) is 52.8 cm³/mol. The molecule has 1 atom stereocenters. The lowest BCUT2D eigenvalue weighted by molar-refractivity contribution is 0.157. The van der Waals surface area contributed by atoms with Crippen LogP contribution in [0.25, 0.3) is 0 Å². The van der Waals surface area contributed by atoms with Gasteiger partial charge in [-0.05, 0) is 19.8 Å². The van der Waals surface area contributed by atoms with E-state index in [4.69, 9.17) is 4.84 Å². The molecule has 0 spiro atoms. The van der Waals surface area contributed by atoms with Crippen molar-refractivity contribution in [1.29, 1.82) is 0 Å². The topological polar surface area (TPSA) is 24.8 Å². The van der Waals surface area contributed by atoms with Crippen LogP contribution in [0.5, 0.6) is 0 Å². The summed E-state index contributed by atoms with van der Waals surface area (Å²) < 4.78 is 0. The first-order chi connectivity index (χ1) is 6.31. The number of likely N-dealkylation sites (tertiary alicyclic amines) is 1. The normalized spacial score (nSPS) is 32.8. The Morgan fingerprint density at radius 1 is 1.54 bits per heavy atom. The summed E-state index contributed by atoms with van der Waals surface area (Å²) in [4.78, 5) is 7.63. The standard InChI is InChI=1S/C10H18N2O/c1-3-13-11-10-7-12(6-8(10)2)9-4-5-9/h8-9H,3-7H2,1-2H3/b11-10+. The molecule has 0 N–H and O–H groups in total. The highest BCUT2D eigenvalue weighted by Gasteiger charge is 2.36. The van der Waals surface area contributed by atoms with Crippen LogP contribution in [0.15, 0.2) is 5.16 Å². The van der Waals surface area contributed by atoms with Gasteiger partial charge in [0.05, 0.1) is 5.71 Å². The molecule has 2 fully saturated rings. The van der Waals surface area contributed by atoms with E-state index in [-0.39, 0.29) is 0 Å². The van der Waals surface area contributed by atoms with Crippen molar-refractivity contribution in [3.05, 3.63) is 0 Å². The molecule has 1 unspecified atom stereocenters. The number of hydrogen-bond acceptors (Lipinski definition) is 3. The summed E-state index contributed by atoms with van der Waals surface area (Å²) in [6.07, 6.45) is 2.77. The van der Waals surface area contributed by atoms with Gasteiger partial charge in [0.2, 0.25) is 0 Å². The van der Waals surface area contributed by atoms with E-state index in [9.17, 15) is 0 Å². The molecule has 74 valence electrons. The van der Waals surface area contributed by atoms with Gasteiger partial charge in [0, 0.05) is 25.0 Å². The molecule has 2 aliphatic rings. The second-order valence-electron chi connectivity index (χ2n) is 4.06. The van der Waals surface area contributed by atoms with Gasteiger partial charge in [-0.1, -0.05) is 12.1 Å². The minimum Gasteiger partial charge on any atom is -0.396 e. The largest absolute Gasteiger partial charge is 0.396 e. The average molecular weight is 182 g/mol. The zero-order valence-corrected chi connectivity index (χ0v) is 8.49. The van der Waals surface area contributed by atoms with Gasteiger partial charge in [-0.15, -0.1) is 0 Å². The molecule has 3 nitrogen and oxygen atoms in total. The summed E-state index contributed by atoms with van der Waals surface area (Å²) in [5.74, 6) is 0.590. The minimum absolute atomic E-state index is 0.590. The number of nitrogens with zero attached hydrogens (tertiary/aromatic N) is 2. The molecule has 1 aliphatic carbocycles. The molecule has 0 radical (unpaired) electrons. The fourth-order valence-electron chi connectivity index (χ4n) is 1.87. The average Bonchev–Trinajstić information content (AvgIpc) is 2.89. The number of rotatable bonds is 3. The summed E-state index contributed by atoms with van der Waals surface area (Å²) in [6.45, 7) is 7.10. The molecule has 1 aliphatic heterocycles. The zero-order valence-electron chi connectivity index (χ0n) is 8.49. The van der Waals surface area contributed by atoms with E-state index in [2.05, 4.69) is 17.0 Å². The second-order valence-corrected chi connectivity index (χ2v) is 4.06. The van der Waals surface area contributed by atoms with Crippen LogP contribution >= 0.6 is 0 Å². The first-order valence-corrected chi connectivity index (χ1v) is 5.24. The van der Waals surface area contributed by atoms with E-state index < -0.39 is 0 Å². The lowest BCUT2D eigenvalue weighted by Crippen LogP contribution is -2.23. The first kappa shape index (κ1) is 9.00. The van der Waals surface area contributed by atoms with Crippen molar-refractivity contribution in [2.75, 3.05) is 19.7 Å². The lowest BCUT2D eigenvalue weighted by Gasteiger charge is -2.11. The van der Waals surface area contributed by atoms with E-state index in [0.29, 0.717) is 12.5 Å². The van der Waals surface area contributed by atoms with E-state index in [0.717, 1.165) is 12.6 Å². The molecule has 1 saturated heterocycles. The molecule has 3 heteroatoms. The van der Waals surface area contributed by atoms with Crippen molar-refractivity contribution in [3.8, 4) is 0 Å². The SMILES string of the molecule is CCO/N=C1\CN(C2CC2)CC1C. The summed E-state index contributed by atoms with van der Waals surface area (Å²) in [6, 6.07) is 0.858. The van der Waals surface area contributed by atoms with Crippen LogP contribution in [0.2, 0.25) is 0 Å². The second kappa shape index (κ2) is 3.66. The fraction of sp³-hybridized carbons (Fsp3) is 0.900. The Balaban J connectivity index is 1.90. The van der Waals surface area contributed by atoms with Gasteiger partial charge in [-0.3, -0.25) is 4.90 Å². The van der Waals surface area contributed by atoms with Crippen molar-refractivity contribution in [1.82, 2.24) is 4.90 Å². The monoisotopic (exact) mass is 182 g/mol. The molecule has 0 bridgehead atoms. The summed E-state index contributed by atoms with van der Waals surface area (Å²) >= 11 is 0. The van der Waals surface area contributed by atoms with Crippen molar-refractivity contribution in [2.24, 2.45) is 11.1 Å². The predicted octanol–water partition coefficient (Wildman–Crippen LogP) is 1.49. The highest BCUT2D eigenvalue weighted by atomic mass is 16.6. The van der Waals surface area contributed by atoms with E-state index in [1.165, 1.54) is 25.1 Å². The Bertz CT molecular complexity index is 211. The molecule has 0 aromatic rings. The summed E-state index contributed by atoms with van der Waals surface area (Å²) in [7, 11) is 0. The molecule has 0 amide bonds. The Morgan fingerprint density at radius 3 is 2.92 bits per heavy atom. The molecule has 1 heterocycles. The maximum atomic E-state index is 5.10. The quantitative estimate of drug-likeness (QED) is 0.618. The highest BCUT2D eigenvalue weighted by Crippen LogP contribution is 2.30. The van der Waals surface area contributed by atoms with Gasteiger partial charge in [0.1, 0.15) is 6.61 Å². The summed E-state index contributed by atoms with van der Waals surface area (Å²) in [5, 5.41) is 4.16. The van der Waals surface area contributed by atoms with Gasteiger partial charge in [-0.25, -0.2) is 0 Å². The lowest BCUT2D eigenvalue weighted by atomic mass is 10.1. The van der Waals surface area contributed by atoms with Crippen molar-refractivity contribution in [2.45, 2.75) is 32.7 Å². The van der Waals surface area contributed by atoms with Crippen LogP contribution in [0.1, 0.15) is 26.7 Å². The Labute approximate surface area is 79.7 Å². The van der Waals surface area contributed by atoms with E-state index in [1.807, 2.05) is 6.92 Å². The molecular weight excluding hydrogens is 164 g/mol. The van der Waals surface area contributed by atoms with Crippen molar-refractivity contribution >= 4 is 5.71 Å². The minimum atomic E-state index is 0.590. The maximum absolute atomic E-state index is 5.10. The van der Waals surface area contributed by atoms with Gasteiger partial charge in [0.25, 0.3) is 0 Å². The third-order valence-corrected chi connectivity index (χ3v) is 2.82. The Hall–Kier alpha value is -0.570. The third kappa shape index (κ3) is 2.02. The van der Waals surface area contributed by atoms with Crippen molar-refractivity contribution in [3.63, 3.8) is 0 Å². The molecule has 0 aromatic heterocycles. The van der Waals surface area contributed by atoms with Gasteiger partial charge in [-0.2, -0.15) is 0 Å². The van der Waals surface area contributed by atoms with E-state index >= 15 is 0 Å².